The lowest BCUT2D eigenvalue weighted by molar-refractivity contribution is 0.251. The molecule has 0 aromatic carbocycles. The highest BCUT2D eigenvalue weighted by molar-refractivity contribution is 5.29. The van der Waals surface area contributed by atoms with E-state index in [0.717, 1.165) is 25.0 Å². The molecular formula is C17H28N4. The Labute approximate surface area is 128 Å². The minimum Gasteiger partial charge on any atom is -0.341 e. The van der Waals surface area contributed by atoms with Crippen molar-refractivity contribution in [3.05, 3.63) is 18.5 Å². The van der Waals surface area contributed by atoms with Crippen molar-refractivity contribution in [3.63, 3.8) is 0 Å². The van der Waals surface area contributed by atoms with E-state index in [-0.39, 0.29) is 0 Å². The van der Waals surface area contributed by atoms with Crippen LogP contribution in [0.2, 0.25) is 0 Å². The Morgan fingerprint density at radius 2 is 1.71 bits per heavy atom. The Morgan fingerprint density at radius 3 is 2.38 bits per heavy atom. The minimum absolute atomic E-state index is 0.668. The van der Waals surface area contributed by atoms with Crippen LogP contribution in [-0.4, -0.2) is 35.1 Å². The molecule has 0 spiro atoms. The van der Waals surface area contributed by atoms with Gasteiger partial charge in [0.25, 0.3) is 0 Å². The van der Waals surface area contributed by atoms with E-state index >= 15 is 0 Å². The van der Waals surface area contributed by atoms with Crippen LogP contribution in [0.15, 0.2) is 18.5 Å². The zero-order chi connectivity index (χ0) is 14.5. The zero-order valence-corrected chi connectivity index (χ0v) is 13.2. The van der Waals surface area contributed by atoms with Gasteiger partial charge in [0, 0.05) is 37.6 Å². The van der Waals surface area contributed by atoms with E-state index in [1.165, 1.54) is 44.9 Å². The monoisotopic (exact) mass is 288 g/mol. The molecule has 0 bridgehead atoms. The Hall–Kier alpha value is -1.16. The van der Waals surface area contributed by atoms with Gasteiger partial charge in [-0.05, 0) is 44.6 Å². The van der Waals surface area contributed by atoms with Crippen LogP contribution in [0, 0.1) is 5.92 Å². The van der Waals surface area contributed by atoms with Gasteiger partial charge in [0.1, 0.15) is 0 Å². The molecular weight excluding hydrogens is 260 g/mol. The normalized spacial score (nSPS) is 23.2. The quantitative estimate of drug-likeness (QED) is 0.924. The highest BCUT2D eigenvalue weighted by Crippen LogP contribution is 2.27. The Balaban J connectivity index is 1.45. The number of anilines is 1. The molecule has 21 heavy (non-hydrogen) atoms. The van der Waals surface area contributed by atoms with Crippen LogP contribution in [0.25, 0.3) is 0 Å². The fourth-order valence-electron chi connectivity index (χ4n) is 3.84. The van der Waals surface area contributed by atoms with Crippen LogP contribution in [0.3, 0.4) is 0 Å². The lowest BCUT2D eigenvalue weighted by Gasteiger charge is -2.36. The van der Waals surface area contributed by atoms with Gasteiger partial charge in [-0.25, -0.2) is 9.97 Å². The van der Waals surface area contributed by atoms with E-state index in [0.29, 0.717) is 12.1 Å². The average Bonchev–Trinajstić information content (AvgIpc) is 2.57. The average molecular weight is 288 g/mol. The molecule has 1 saturated heterocycles. The van der Waals surface area contributed by atoms with Crippen molar-refractivity contribution in [2.24, 2.45) is 5.92 Å². The van der Waals surface area contributed by atoms with Crippen LogP contribution in [0.1, 0.15) is 51.9 Å². The van der Waals surface area contributed by atoms with Crippen LogP contribution in [0.5, 0.6) is 0 Å². The molecule has 2 fully saturated rings. The third kappa shape index (κ3) is 3.94. The molecule has 2 aliphatic rings. The van der Waals surface area contributed by atoms with E-state index in [1.54, 1.807) is 0 Å². The largest absolute Gasteiger partial charge is 0.341 e. The first-order chi connectivity index (χ1) is 10.3. The zero-order valence-electron chi connectivity index (χ0n) is 13.2. The summed E-state index contributed by atoms with van der Waals surface area (Å²) in [4.78, 5) is 11.0. The summed E-state index contributed by atoms with van der Waals surface area (Å²) in [6.07, 6.45) is 13.2. The van der Waals surface area contributed by atoms with Gasteiger partial charge >= 0.3 is 0 Å². The van der Waals surface area contributed by atoms with E-state index in [1.807, 2.05) is 18.5 Å². The highest BCUT2D eigenvalue weighted by Gasteiger charge is 2.25. The van der Waals surface area contributed by atoms with Gasteiger partial charge in [-0.1, -0.05) is 19.3 Å². The fourth-order valence-corrected chi connectivity index (χ4v) is 3.84. The van der Waals surface area contributed by atoms with Crippen molar-refractivity contribution in [2.45, 2.75) is 64.0 Å². The molecule has 1 saturated carbocycles. The fraction of sp³-hybridized carbons (Fsp3) is 0.765. The lowest BCUT2D eigenvalue weighted by atomic mass is 9.84. The predicted molar refractivity (Wildman–Crippen MR) is 86.4 cm³/mol. The summed E-state index contributed by atoms with van der Waals surface area (Å²) in [7, 11) is 0. The number of aromatic nitrogens is 2. The summed E-state index contributed by atoms with van der Waals surface area (Å²) in [5.74, 6) is 1.78. The number of piperidine rings is 1. The number of hydrogen-bond acceptors (Lipinski definition) is 4. The van der Waals surface area contributed by atoms with Crippen molar-refractivity contribution in [3.8, 4) is 0 Å². The smallest absolute Gasteiger partial charge is 0.225 e. The van der Waals surface area contributed by atoms with E-state index in [4.69, 9.17) is 0 Å². The molecule has 4 heteroatoms. The Morgan fingerprint density at radius 1 is 1.05 bits per heavy atom. The second-order valence-corrected chi connectivity index (χ2v) is 6.66. The van der Waals surface area contributed by atoms with Crippen molar-refractivity contribution < 1.29 is 0 Å². The first-order valence-corrected chi connectivity index (χ1v) is 8.61. The summed E-state index contributed by atoms with van der Waals surface area (Å²) >= 11 is 0. The van der Waals surface area contributed by atoms with Crippen LogP contribution < -0.4 is 10.2 Å². The maximum Gasteiger partial charge on any atom is 0.225 e. The Kier molecular flexibility index (Phi) is 5.07. The number of nitrogens with one attached hydrogen (secondary N) is 1. The van der Waals surface area contributed by atoms with E-state index in [9.17, 15) is 0 Å². The second kappa shape index (κ2) is 7.21. The maximum absolute atomic E-state index is 4.36. The molecule has 116 valence electrons. The molecule has 1 aliphatic heterocycles. The standard InChI is InChI=1S/C17H28N4/c1-14(15-6-3-2-4-7-15)20-16-8-12-21(13-9-16)17-18-10-5-11-19-17/h5,10-11,14-16,20H,2-4,6-9,12-13H2,1H3. The molecule has 1 unspecified atom stereocenters. The predicted octanol–water partition coefficient (Wildman–Crippen LogP) is 3.00. The topological polar surface area (TPSA) is 41.0 Å². The van der Waals surface area contributed by atoms with E-state index in [2.05, 4.69) is 27.1 Å². The minimum atomic E-state index is 0.668. The van der Waals surface area contributed by atoms with Crippen LogP contribution >= 0.6 is 0 Å². The first kappa shape index (κ1) is 14.8. The summed E-state index contributed by atoms with van der Waals surface area (Å²) < 4.78 is 0. The van der Waals surface area contributed by atoms with Crippen molar-refractivity contribution >= 4 is 5.95 Å². The van der Waals surface area contributed by atoms with E-state index < -0.39 is 0 Å². The SMILES string of the molecule is CC(NC1CCN(c2ncccn2)CC1)C1CCCCC1. The van der Waals surface area contributed by atoms with Crippen molar-refractivity contribution in [2.75, 3.05) is 18.0 Å². The number of rotatable bonds is 4. The second-order valence-electron chi connectivity index (χ2n) is 6.66. The molecule has 1 aromatic heterocycles. The molecule has 4 nitrogen and oxygen atoms in total. The summed E-state index contributed by atoms with van der Waals surface area (Å²) in [6.45, 7) is 4.53. The third-order valence-corrected chi connectivity index (χ3v) is 5.19. The molecule has 0 radical (unpaired) electrons. The molecule has 1 aromatic rings. The van der Waals surface area contributed by atoms with Gasteiger partial charge in [-0.15, -0.1) is 0 Å². The molecule has 1 aliphatic carbocycles. The van der Waals surface area contributed by atoms with Crippen molar-refractivity contribution in [1.29, 1.82) is 0 Å². The Bertz CT molecular complexity index is 408. The molecule has 2 heterocycles. The number of hydrogen-bond donors (Lipinski definition) is 1. The lowest BCUT2D eigenvalue weighted by Crippen LogP contribution is -2.48. The first-order valence-electron chi connectivity index (χ1n) is 8.61. The molecule has 0 amide bonds. The highest BCUT2D eigenvalue weighted by atomic mass is 15.3. The van der Waals surface area contributed by atoms with Crippen LogP contribution in [0.4, 0.5) is 5.95 Å². The van der Waals surface area contributed by atoms with Gasteiger partial charge in [-0.3, -0.25) is 0 Å². The summed E-state index contributed by atoms with van der Waals surface area (Å²) in [5.41, 5.74) is 0. The van der Waals surface area contributed by atoms with Gasteiger partial charge in [0.2, 0.25) is 5.95 Å². The summed E-state index contributed by atoms with van der Waals surface area (Å²) in [6, 6.07) is 3.22. The van der Waals surface area contributed by atoms with Gasteiger partial charge in [0.05, 0.1) is 0 Å². The molecule has 3 rings (SSSR count). The number of nitrogens with zero attached hydrogens (tertiary/aromatic N) is 3. The van der Waals surface area contributed by atoms with Crippen LogP contribution in [-0.2, 0) is 0 Å². The third-order valence-electron chi connectivity index (χ3n) is 5.19. The van der Waals surface area contributed by atoms with Gasteiger partial charge in [0.15, 0.2) is 0 Å². The molecule has 1 N–H and O–H groups in total. The van der Waals surface area contributed by atoms with Gasteiger partial charge < -0.3 is 10.2 Å². The van der Waals surface area contributed by atoms with Crippen molar-refractivity contribution in [1.82, 2.24) is 15.3 Å². The maximum atomic E-state index is 4.36. The van der Waals surface area contributed by atoms with Gasteiger partial charge in [-0.2, -0.15) is 0 Å². The molecule has 1 atom stereocenters. The summed E-state index contributed by atoms with van der Waals surface area (Å²) in [5, 5.41) is 3.89.